The van der Waals surface area contributed by atoms with E-state index in [2.05, 4.69) is 52.8 Å². The molecule has 4 rings (SSSR count). The van der Waals surface area contributed by atoms with Crippen LogP contribution in [-0.4, -0.2) is 99.9 Å². The highest BCUT2D eigenvalue weighted by atomic mass is 79.9. The summed E-state index contributed by atoms with van der Waals surface area (Å²) in [7, 11) is 14.8. The van der Waals surface area contributed by atoms with Gasteiger partial charge in [-0.2, -0.15) is 0 Å². The van der Waals surface area contributed by atoms with Crippen LogP contribution in [0.2, 0.25) is 0 Å². The van der Waals surface area contributed by atoms with E-state index in [1.807, 2.05) is 0 Å². The Hall–Kier alpha value is -2.55. The number of unbranched alkanes of at least 4 members (excludes halogenated alkanes) is 2. The summed E-state index contributed by atoms with van der Waals surface area (Å²) >= 11 is 6.69. The van der Waals surface area contributed by atoms with Gasteiger partial charge in [-0.3, -0.25) is 9.59 Å². The van der Waals surface area contributed by atoms with Gasteiger partial charge in [0.2, 0.25) is 0 Å². The number of nitrogens with zero attached hydrogens (tertiary/aromatic N) is 2. The Morgan fingerprint density at radius 1 is 0.878 bits per heavy atom. The molecular formula is C25H28B2Br2N4O8. The molecule has 0 bridgehead atoms. The van der Waals surface area contributed by atoms with E-state index in [1.54, 1.807) is 12.2 Å². The summed E-state index contributed by atoms with van der Waals surface area (Å²) in [5.41, 5.74) is -2.14. The van der Waals surface area contributed by atoms with Gasteiger partial charge in [-0.25, -0.2) is 0 Å². The van der Waals surface area contributed by atoms with Crippen LogP contribution >= 0.6 is 31.9 Å². The highest BCUT2D eigenvalue weighted by Crippen LogP contribution is 2.42. The van der Waals surface area contributed by atoms with Crippen molar-refractivity contribution in [3.05, 3.63) is 43.6 Å². The molecule has 2 aliphatic heterocycles. The molecule has 4 N–H and O–H groups in total. The maximum absolute atomic E-state index is 12.6. The summed E-state index contributed by atoms with van der Waals surface area (Å²) in [6, 6.07) is 0. The minimum Gasteiger partial charge on any atom is -0.496 e. The smallest absolute Gasteiger partial charge is 0.269 e. The second-order valence-electron chi connectivity index (χ2n) is 9.86. The number of carbonyl (C=O) groups excluding carboxylic acids is 2. The fourth-order valence-corrected chi connectivity index (χ4v) is 6.41. The quantitative estimate of drug-likeness (QED) is 0.193. The first-order valence-corrected chi connectivity index (χ1v) is 14.3. The molecule has 2 spiro atoms. The lowest BCUT2D eigenvalue weighted by molar-refractivity contribution is -0.115. The molecule has 0 aromatic carbocycles. The van der Waals surface area contributed by atoms with Crippen molar-refractivity contribution in [2.24, 2.45) is 10.3 Å². The van der Waals surface area contributed by atoms with Gasteiger partial charge in [0.05, 0.1) is 23.2 Å². The average Bonchev–Trinajstić information content (AvgIpc) is 3.56. The van der Waals surface area contributed by atoms with Crippen LogP contribution in [-0.2, 0) is 28.7 Å². The van der Waals surface area contributed by atoms with Crippen LogP contribution in [0.25, 0.3) is 0 Å². The normalized spacial score (nSPS) is 28.9. The Balaban J connectivity index is 1.14. The molecule has 216 valence electrons. The van der Waals surface area contributed by atoms with Crippen molar-refractivity contribution in [2.45, 2.75) is 55.5 Å². The van der Waals surface area contributed by atoms with E-state index in [1.165, 1.54) is 14.2 Å². The predicted molar refractivity (Wildman–Crippen MR) is 157 cm³/mol. The third kappa shape index (κ3) is 6.15. The van der Waals surface area contributed by atoms with E-state index in [0.717, 1.165) is 6.42 Å². The Labute approximate surface area is 256 Å². The molecule has 2 aliphatic carbocycles. The molecule has 41 heavy (non-hydrogen) atoms. The molecule has 2 heterocycles. The van der Waals surface area contributed by atoms with E-state index in [0.29, 0.717) is 46.4 Å². The Bertz CT molecular complexity index is 1200. The second-order valence-corrected chi connectivity index (χ2v) is 11.6. The zero-order valence-corrected chi connectivity index (χ0v) is 25.6. The first-order chi connectivity index (χ1) is 19.5. The number of nitrogens with one attached hydrogen (secondary N) is 2. The molecule has 4 radical (unpaired) electrons. The summed E-state index contributed by atoms with van der Waals surface area (Å²) in [6.07, 6.45) is 2.82. The van der Waals surface area contributed by atoms with Crippen molar-refractivity contribution >= 4 is 70.8 Å². The number of hydrogen-bond acceptors (Lipinski definition) is 10. The fraction of sp³-hybridized carbons (Fsp3) is 0.520. The molecule has 0 aromatic heterocycles. The van der Waals surface area contributed by atoms with E-state index < -0.39 is 35.2 Å². The number of aliphatic hydroxyl groups is 2. The van der Waals surface area contributed by atoms with Crippen LogP contribution in [0.1, 0.15) is 32.1 Å². The van der Waals surface area contributed by atoms with Crippen LogP contribution in [0, 0.1) is 0 Å². The first-order valence-electron chi connectivity index (χ1n) is 12.8. The molecule has 0 fully saturated rings. The van der Waals surface area contributed by atoms with Gasteiger partial charge in [-0.1, -0.05) is 10.3 Å². The van der Waals surface area contributed by atoms with Crippen LogP contribution in [0.3, 0.4) is 0 Å². The monoisotopic (exact) mass is 692 g/mol. The molecular weight excluding hydrogens is 666 g/mol. The lowest BCUT2D eigenvalue weighted by Crippen LogP contribution is -2.46. The first kappa shape index (κ1) is 31.4. The lowest BCUT2D eigenvalue weighted by atomic mass is 9.74. The highest BCUT2D eigenvalue weighted by molar-refractivity contribution is 9.12. The SMILES string of the molecule is [B]C1=C(OC)C(Br)=C[C@@]2(CC(C(=O)NCCCCCNC(=O)C3=NO[C@]4(C=C(Br)C(OC)=C([B])[C@@H]4O)C3)=NO2)[C@H]1O. The highest BCUT2D eigenvalue weighted by Gasteiger charge is 2.50. The maximum Gasteiger partial charge on any atom is 0.269 e. The Morgan fingerprint density at radius 3 is 1.63 bits per heavy atom. The van der Waals surface area contributed by atoms with E-state index in [4.69, 9.17) is 34.8 Å². The number of hydrogen-bond donors (Lipinski definition) is 4. The largest absolute Gasteiger partial charge is 0.496 e. The Morgan fingerprint density at radius 2 is 1.27 bits per heavy atom. The molecule has 0 unspecified atom stereocenters. The van der Waals surface area contributed by atoms with Gasteiger partial charge in [0.25, 0.3) is 11.8 Å². The molecule has 16 heteroatoms. The van der Waals surface area contributed by atoms with Crippen LogP contribution in [0.15, 0.2) is 53.9 Å². The van der Waals surface area contributed by atoms with Crippen LogP contribution in [0.5, 0.6) is 0 Å². The van der Waals surface area contributed by atoms with E-state index in [-0.39, 0.29) is 35.2 Å². The molecule has 4 atom stereocenters. The van der Waals surface area contributed by atoms with Gasteiger partial charge < -0.3 is 40.0 Å². The number of allylic oxidation sites excluding steroid dienone is 2. The lowest BCUT2D eigenvalue weighted by Gasteiger charge is -2.34. The number of oxime groups is 2. The van der Waals surface area contributed by atoms with E-state index >= 15 is 0 Å². The van der Waals surface area contributed by atoms with Gasteiger partial charge in [-0.15, -0.1) is 0 Å². The third-order valence-corrected chi connectivity index (χ3v) is 8.29. The maximum atomic E-state index is 12.6. The summed E-state index contributed by atoms with van der Waals surface area (Å²) < 4.78 is 11.4. The van der Waals surface area contributed by atoms with Crippen molar-refractivity contribution in [3.63, 3.8) is 0 Å². The van der Waals surface area contributed by atoms with Gasteiger partial charge in [-0.05, 0) is 74.2 Å². The number of halogens is 2. The summed E-state index contributed by atoms with van der Waals surface area (Å²) in [5, 5.41) is 34.6. The van der Waals surface area contributed by atoms with Gasteiger partial charge in [0.15, 0.2) is 11.2 Å². The second kappa shape index (κ2) is 12.8. The number of methoxy groups -OCH3 is 2. The van der Waals surface area contributed by atoms with Crippen molar-refractivity contribution in [3.8, 4) is 0 Å². The van der Waals surface area contributed by atoms with Crippen LogP contribution in [0.4, 0.5) is 0 Å². The molecule has 0 saturated heterocycles. The Kier molecular flexibility index (Phi) is 9.77. The fourth-order valence-electron chi connectivity index (χ4n) is 4.86. The van der Waals surface area contributed by atoms with E-state index in [9.17, 15) is 19.8 Å². The molecule has 0 saturated carbocycles. The summed E-state index contributed by atoms with van der Waals surface area (Å²) in [5.74, 6) is -0.213. The summed E-state index contributed by atoms with van der Waals surface area (Å²) in [6.45, 7) is 0.772. The van der Waals surface area contributed by atoms with Crippen molar-refractivity contribution in [2.75, 3.05) is 27.3 Å². The van der Waals surface area contributed by atoms with Crippen molar-refractivity contribution in [1.82, 2.24) is 10.6 Å². The van der Waals surface area contributed by atoms with Gasteiger partial charge in [0.1, 0.15) is 50.8 Å². The summed E-state index contributed by atoms with van der Waals surface area (Å²) in [4.78, 5) is 36.1. The molecule has 2 amide bonds. The number of ether oxygens (including phenoxy) is 2. The number of aliphatic hydroxyl groups excluding tert-OH is 2. The predicted octanol–water partition coefficient (Wildman–Crippen LogP) is 0.779. The minimum atomic E-state index is -1.29. The van der Waals surface area contributed by atoms with Gasteiger partial charge >= 0.3 is 0 Å². The minimum absolute atomic E-state index is 0.0356. The zero-order chi connectivity index (χ0) is 29.9. The number of carbonyl (C=O) groups is 2. The van der Waals surface area contributed by atoms with Gasteiger partial charge in [0, 0.05) is 25.9 Å². The standard InChI is InChI=1S/C25H28B2Br2N4O8/c1-38-18-12(28)8-24(20(34)16(18)26)10-14(32-40-24)22(36)30-6-4-3-5-7-31-23(37)15-11-25(41-33-15)9-13(29)19(39-2)17(27)21(25)35/h8-9,20-21,34-35H,3-7,10-11H2,1-2H3,(H,30,36)(H,31,37)/t20-,21-,24+,25+/m0/s1. The molecule has 12 nitrogen and oxygen atoms in total. The third-order valence-electron chi connectivity index (χ3n) is 7.11. The van der Waals surface area contributed by atoms with Crippen molar-refractivity contribution in [1.29, 1.82) is 0 Å². The topological polar surface area (TPSA) is 160 Å². The van der Waals surface area contributed by atoms with Crippen LogP contribution < -0.4 is 10.6 Å². The number of amides is 2. The molecule has 0 aromatic rings. The van der Waals surface area contributed by atoms with Crippen molar-refractivity contribution < 1.29 is 39.0 Å². The zero-order valence-electron chi connectivity index (χ0n) is 22.4. The number of rotatable bonds is 10. The molecule has 4 aliphatic rings. The average molecular weight is 694 g/mol.